The molecule has 2 unspecified atom stereocenters. The first kappa shape index (κ1) is 61.4. The minimum absolute atomic E-state index is 0.00830. The zero-order valence-corrected chi connectivity index (χ0v) is 45.4. The molecule has 0 bridgehead atoms. The summed E-state index contributed by atoms with van der Waals surface area (Å²) in [5.74, 6) is -7.83. The third-order valence-corrected chi connectivity index (χ3v) is 13.1. The molecule has 5 amide bonds. The number of anilines is 4. The van der Waals surface area contributed by atoms with Crippen molar-refractivity contribution in [3.05, 3.63) is 72.6 Å². The molecule has 2 aromatic carbocycles. The van der Waals surface area contributed by atoms with Crippen molar-refractivity contribution in [3.63, 3.8) is 0 Å². The predicted molar refractivity (Wildman–Crippen MR) is 278 cm³/mol. The fourth-order valence-electron chi connectivity index (χ4n) is 9.56. The molecular formula is C54H63F3N6O19. The van der Waals surface area contributed by atoms with Crippen molar-refractivity contribution in [1.29, 1.82) is 0 Å². The lowest BCUT2D eigenvalue weighted by Crippen LogP contribution is -2.63. The molecule has 3 aromatic rings. The number of ether oxygens (including phenoxy) is 10. The summed E-state index contributed by atoms with van der Waals surface area (Å²) in [6, 6.07) is 8.16. The quantitative estimate of drug-likeness (QED) is 0.0502. The number of aromatic nitrogens is 1. The summed E-state index contributed by atoms with van der Waals surface area (Å²) in [5.41, 5.74) is 0.161. The Hall–Kier alpha value is -8.24. The molecule has 3 N–H and O–H groups in total. The van der Waals surface area contributed by atoms with E-state index < -0.39 is 116 Å². The van der Waals surface area contributed by atoms with Gasteiger partial charge in [-0.3, -0.25) is 38.4 Å². The molecular weight excluding hydrogens is 1090 g/mol. The number of hydrogen-bond acceptors (Lipinski definition) is 19. The first-order chi connectivity index (χ1) is 39.0. The van der Waals surface area contributed by atoms with Gasteiger partial charge in [0.2, 0.25) is 18.3 Å². The standard InChI is InChI=1S/C54H63F3N6O19/c1-7-21-75-53(72)63-38-26-40(73-23-12-14-43(68)58-35-24-39(61(6)27-35)48(69)59-33-16-18-34(19-17-33)60-52(71)54(55,56)57)41(25-36(38)49(70)62-20-10-8-13-37(62)50(63)82-44-15-9-11-22-74-44)80-51-47(79-32(5)67)46(78-31(4)66)45(77-30(3)65)42(81-51)28-76-29(2)64/h7,16-19,24-27,37,42,44-47,50-51H,1,8-15,20-23,28H2,2-6H3,(H,58,68)(H,59,69)(H,60,71)/t37-,42+,44?,45+,46-,47+,50?,51+/m0/s1. The van der Waals surface area contributed by atoms with Crippen LogP contribution in [0.5, 0.6) is 11.5 Å². The van der Waals surface area contributed by atoms with E-state index in [1.165, 1.54) is 71.3 Å². The van der Waals surface area contributed by atoms with E-state index in [1.54, 1.807) is 10.2 Å². The fourth-order valence-corrected chi connectivity index (χ4v) is 9.56. The summed E-state index contributed by atoms with van der Waals surface area (Å²) in [6.07, 6.45) is -9.78. The summed E-state index contributed by atoms with van der Waals surface area (Å²) in [7, 11) is 1.53. The average molecular weight is 1160 g/mol. The van der Waals surface area contributed by atoms with E-state index in [-0.39, 0.29) is 78.1 Å². The van der Waals surface area contributed by atoms with Gasteiger partial charge in [0.1, 0.15) is 25.0 Å². The number of aryl methyl sites for hydroxylation is 1. The SMILES string of the molecule is C=CCOC(=O)N1c2cc(OCCCC(=O)Nc3cc(C(=O)Nc4ccc(NC(=O)C(F)(F)F)cc4)n(C)c3)c(O[C@@H]3O[C@H](COC(C)=O)[C@@H](OC(C)=O)[C@H](OC(C)=O)[C@H]3OC(C)=O)cc2C(=O)N2CCCC[C@H]2C1OC1CCCCO1. The van der Waals surface area contributed by atoms with Gasteiger partial charge >= 0.3 is 42.1 Å². The van der Waals surface area contributed by atoms with Crippen LogP contribution in [0.4, 0.5) is 40.7 Å². The van der Waals surface area contributed by atoms with Crippen molar-refractivity contribution < 1.29 is 104 Å². The number of piperidine rings is 1. The van der Waals surface area contributed by atoms with Gasteiger partial charge < -0.3 is 72.8 Å². The number of halogens is 3. The largest absolute Gasteiger partial charge is 0.490 e. The van der Waals surface area contributed by atoms with Crippen molar-refractivity contribution in [1.82, 2.24) is 9.47 Å². The van der Waals surface area contributed by atoms with Crippen LogP contribution in [0.15, 0.2) is 61.3 Å². The third kappa shape index (κ3) is 15.8. The van der Waals surface area contributed by atoms with Crippen LogP contribution in [0, 0.1) is 0 Å². The number of alkyl halides is 3. The predicted octanol–water partition coefficient (Wildman–Crippen LogP) is 6.04. The minimum Gasteiger partial charge on any atom is -0.490 e. The lowest BCUT2D eigenvalue weighted by Gasteiger charge is -2.44. The van der Waals surface area contributed by atoms with Gasteiger partial charge in [-0.05, 0) is 81.3 Å². The smallest absolute Gasteiger partial charge is 0.471 e. The van der Waals surface area contributed by atoms with Crippen LogP contribution in [0.1, 0.15) is 99.9 Å². The average Bonchev–Trinajstić information content (AvgIpc) is 3.86. The lowest BCUT2D eigenvalue weighted by molar-refractivity contribution is -0.288. The topological polar surface area (TPSA) is 293 Å². The van der Waals surface area contributed by atoms with Gasteiger partial charge in [0.15, 0.2) is 36.2 Å². The van der Waals surface area contributed by atoms with Crippen molar-refractivity contribution in [2.24, 2.45) is 7.05 Å². The van der Waals surface area contributed by atoms with Gasteiger partial charge in [-0.15, -0.1) is 0 Å². The molecule has 82 heavy (non-hydrogen) atoms. The van der Waals surface area contributed by atoms with E-state index in [0.29, 0.717) is 32.3 Å². The highest BCUT2D eigenvalue weighted by Gasteiger charge is 2.54. The van der Waals surface area contributed by atoms with Crippen LogP contribution in [-0.2, 0) is 73.7 Å². The zero-order chi connectivity index (χ0) is 59.4. The van der Waals surface area contributed by atoms with Crippen LogP contribution in [0.25, 0.3) is 0 Å². The first-order valence-corrected chi connectivity index (χ1v) is 26.2. The minimum atomic E-state index is -5.10. The van der Waals surface area contributed by atoms with Gasteiger partial charge in [0, 0.05) is 78.0 Å². The van der Waals surface area contributed by atoms with Crippen molar-refractivity contribution in [2.45, 2.75) is 135 Å². The molecule has 8 atom stereocenters. The fraction of sp³-hybridized carbons (Fsp3) is 0.500. The molecule has 28 heteroatoms. The molecule has 1 aromatic heterocycles. The molecule has 0 aliphatic carbocycles. The Balaban J connectivity index is 1.20. The number of rotatable bonds is 20. The van der Waals surface area contributed by atoms with Gasteiger partial charge in [-0.25, -0.2) is 9.69 Å². The molecule has 444 valence electrons. The summed E-state index contributed by atoms with van der Waals surface area (Å²) < 4.78 is 99.0. The molecule has 4 aliphatic rings. The Bertz CT molecular complexity index is 2880. The molecule has 7 rings (SSSR count). The number of hydrogen-bond donors (Lipinski definition) is 3. The number of carbonyl (C=O) groups is 9. The van der Waals surface area contributed by atoms with Crippen molar-refractivity contribution in [3.8, 4) is 11.5 Å². The number of nitrogens with zero attached hydrogens (tertiary/aromatic N) is 3. The van der Waals surface area contributed by atoms with Gasteiger partial charge in [-0.1, -0.05) is 12.7 Å². The van der Waals surface area contributed by atoms with Gasteiger partial charge in [0.05, 0.1) is 29.6 Å². The molecule has 4 aliphatic heterocycles. The molecule has 3 saturated heterocycles. The van der Waals surface area contributed by atoms with Gasteiger partial charge in [-0.2, -0.15) is 13.2 Å². The highest BCUT2D eigenvalue weighted by molar-refractivity contribution is 6.06. The molecule has 0 radical (unpaired) electrons. The Labute approximate surface area is 467 Å². The Kier molecular flexibility index (Phi) is 20.6. The van der Waals surface area contributed by atoms with Gasteiger partial charge in [0.25, 0.3) is 11.8 Å². The number of carbonyl (C=O) groups excluding carboxylic acids is 9. The van der Waals surface area contributed by atoms with E-state index in [0.717, 1.165) is 40.5 Å². The lowest BCUT2D eigenvalue weighted by atomic mass is 9.98. The molecule has 25 nitrogen and oxygen atoms in total. The number of esters is 4. The van der Waals surface area contributed by atoms with E-state index in [9.17, 15) is 51.5 Å². The van der Waals surface area contributed by atoms with E-state index in [4.69, 9.17) is 47.4 Å². The summed E-state index contributed by atoms with van der Waals surface area (Å²) in [4.78, 5) is 120. The number of benzene rings is 2. The summed E-state index contributed by atoms with van der Waals surface area (Å²) in [5, 5.41) is 7.02. The molecule has 0 spiro atoms. The third-order valence-electron chi connectivity index (χ3n) is 13.1. The van der Waals surface area contributed by atoms with E-state index in [2.05, 4.69) is 17.2 Å². The Morgan fingerprint density at radius 1 is 0.780 bits per heavy atom. The van der Waals surface area contributed by atoms with E-state index >= 15 is 4.79 Å². The van der Waals surface area contributed by atoms with Crippen molar-refractivity contribution >= 4 is 76.3 Å². The second-order valence-electron chi connectivity index (χ2n) is 19.3. The van der Waals surface area contributed by atoms with Crippen LogP contribution in [0.3, 0.4) is 0 Å². The summed E-state index contributed by atoms with van der Waals surface area (Å²) >= 11 is 0. The molecule has 3 fully saturated rings. The zero-order valence-electron chi connectivity index (χ0n) is 45.4. The number of amides is 5. The maximum absolute atomic E-state index is 15.1. The second-order valence-corrected chi connectivity index (χ2v) is 19.3. The van der Waals surface area contributed by atoms with Crippen molar-refractivity contribution in [2.75, 3.05) is 53.8 Å². The monoisotopic (exact) mass is 1160 g/mol. The Morgan fingerprint density at radius 3 is 2.10 bits per heavy atom. The second kappa shape index (κ2) is 27.5. The van der Waals surface area contributed by atoms with E-state index in [1.807, 2.05) is 0 Å². The Morgan fingerprint density at radius 2 is 1.45 bits per heavy atom. The highest BCUT2D eigenvalue weighted by Crippen LogP contribution is 2.44. The van der Waals surface area contributed by atoms with Crippen LogP contribution < -0.4 is 30.3 Å². The summed E-state index contributed by atoms with van der Waals surface area (Å²) in [6.45, 7) is 7.50. The maximum atomic E-state index is 15.1. The molecule has 5 heterocycles. The molecule has 0 saturated carbocycles. The maximum Gasteiger partial charge on any atom is 0.471 e. The van der Waals surface area contributed by atoms with Crippen LogP contribution in [0.2, 0.25) is 0 Å². The highest BCUT2D eigenvalue weighted by atomic mass is 19.4. The first-order valence-electron chi connectivity index (χ1n) is 26.2. The number of fused-ring (bicyclic) bond motifs is 2. The normalized spacial score (nSPS) is 22.4. The van der Waals surface area contributed by atoms with Crippen LogP contribution in [-0.4, -0.2) is 151 Å². The van der Waals surface area contributed by atoms with Crippen LogP contribution >= 0.6 is 0 Å². The number of nitrogens with one attached hydrogen (secondary N) is 3.